The van der Waals surface area contributed by atoms with Crippen molar-refractivity contribution in [1.82, 2.24) is 10.0 Å². The summed E-state index contributed by atoms with van der Waals surface area (Å²) >= 11 is 0. The number of benzene rings is 1. The van der Waals surface area contributed by atoms with Gasteiger partial charge in [-0.25, -0.2) is 4.98 Å². The van der Waals surface area contributed by atoms with Crippen molar-refractivity contribution in [2.24, 2.45) is 0 Å². The van der Waals surface area contributed by atoms with Crippen LogP contribution in [-0.2, 0) is 12.4 Å². The van der Waals surface area contributed by atoms with Crippen molar-refractivity contribution in [3.63, 3.8) is 0 Å². The number of pyridine rings is 1. The molecule has 0 saturated carbocycles. The van der Waals surface area contributed by atoms with E-state index in [0.717, 1.165) is 37.2 Å². The Balaban J connectivity index is 1.45. The molecular weight excluding hydrogens is 478 g/mol. The number of hydroxylamine groups is 2. The quantitative estimate of drug-likeness (QED) is 0.426. The van der Waals surface area contributed by atoms with Crippen LogP contribution in [0.4, 0.5) is 26.3 Å². The Hall–Kier alpha value is -2.69. The number of alkyl halides is 6. The van der Waals surface area contributed by atoms with Gasteiger partial charge in [-0.05, 0) is 57.9 Å². The summed E-state index contributed by atoms with van der Waals surface area (Å²) in [5.74, 6) is 0.321. The van der Waals surface area contributed by atoms with Crippen LogP contribution in [0.5, 0.6) is 17.4 Å². The summed E-state index contributed by atoms with van der Waals surface area (Å²) in [6.45, 7) is 5.22. The van der Waals surface area contributed by atoms with Gasteiger partial charge in [-0.15, -0.1) is 5.06 Å². The first-order valence-corrected chi connectivity index (χ1v) is 11.3. The molecule has 1 aromatic heterocycles. The number of fused-ring (bicyclic) bond motifs is 2. The van der Waals surface area contributed by atoms with Crippen LogP contribution in [0.25, 0.3) is 0 Å². The Morgan fingerprint density at radius 3 is 1.94 bits per heavy atom. The lowest BCUT2D eigenvalue weighted by atomic mass is 10.0. The average molecular weight is 504 g/mol. The summed E-state index contributed by atoms with van der Waals surface area (Å²) < 4.78 is 89.9. The van der Waals surface area contributed by atoms with E-state index in [1.165, 1.54) is 12.1 Å². The molecule has 2 aliphatic rings. The number of rotatable bonds is 5. The van der Waals surface area contributed by atoms with Gasteiger partial charge in [-0.2, -0.15) is 26.3 Å². The molecule has 1 aromatic carbocycles. The zero-order valence-corrected chi connectivity index (χ0v) is 19.4. The Kier molecular flexibility index (Phi) is 6.58. The Morgan fingerprint density at radius 2 is 1.43 bits per heavy atom. The molecule has 4 rings (SSSR count). The Labute approximate surface area is 198 Å². The second-order valence-electron chi connectivity index (χ2n) is 9.80. The summed E-state index contributed by atoms with van der Waals surface area (Å²) in [5.41, 5.74) is -2.41. The number of piperidine rings is 1. The van der Waals surface area contributed by atoms with Gasteiger partial charge in [0.2, 0.25) is 5.88 Å². The van der Waals surface area contributed by atoms with E-state index < -0.39 is 29.1 Å². The van der Waals surface area contributed by atoms with Crippen LogP contribution in [0.2, 0.25) is 0 Å². The van der Waals surface area contributed by atoms with Gasteiger partial charge < -0.3 is 14.3 Å². The van der Waals surface area contributed by atoms with Crippen LogP contribution in [0.3, 0.4) is 0 Å². The Morgan fingerprint density at radius 1 is 0.829 bits per heavy atom. The lowest BCUT2D eigenvalue weighted by Crippen LogP contribution is -2.48. The highest BCUT2D eigenvalue weighted by Gasteiger charge is 2.44. The van der Waals surface area contributed by atoms with Crippen LogP contribution < -0.4 is 14.3 Å². The maximum atomic E-state index is 13.2. The normalized spacial score (nSPS) is 23.3. The molecule has 192 valence electrons. The van der Waals surface area contributed by atoms with E-state index >= 15 is 0 Å². The van der Waals surface area contributed by atoms with Crippen LogP contribution >= 0.6 is 0 Å². The van der Waals surface area contributed by atoms with Gasteiger partial charge >= 0.3 is 12.4 Å². The van der Waals surface area contributed by atoms with Crippen LogP contribution in [0.15, 0.2) is 36.5 Å². The van der Waals surface area contributed by atoms with E-state index in [1.54, 1.807) is 25.8 Å². The first-order valence-electron chi connectivity index (χ1n) is 11.3. The minimum atomic E-state index is -4.51. The molecule has 3 heterocycles. The second-order valence-corrected chi connectivity index (χ2v) is 9.80. The third-order valence-electron chi connectivity index (χ3n) is 5.87. The summed E-state index contributed by atoms with van der Waals surface area (Å²) in [5, 5.41) is 1.74. The largest absolute Gasteiger partial charge is 0.486 e. The van der Waals surface area contributed by atoms with Crippen molar-refractivity contribution in [1.29, 1.82) is 0 Å². The van der Waals surface area contributed by atoms with Gasteiger partial charge in [0.25, 0.3) is 0 Å². The maximum Gasteiger partial charge on any atom is 0.417 e. The standard InChI is InChI=1S/C24H26F6N2O3/c1-22(2,3)34-20-10-14(23(25,26)27)4-8-19(20)33-18-11-16-6-7-17(12-18)32(16)35-21-9-5-15(13-31-21)24(28,29)30/h4-5,8-10,13,16-18H,6-7,11-12H2,1-3H3/t16-,17-/m1/s1. The third-order valence-corrected chi connectivity index (χ3v) is 5.87. The predicted octanol–water partition coefficient (Wildman–Crippen LogP) is 6.66. The molecule has 2 aliphatic heterocycles. The number of ether oxygens (including phenoxy) is 2. The van der Waals surface area contributed by atoms with Crippen LogP contribution in [0.1, 0.15) is 57.6 Å². The van der Waals surface area contributed by atoms with Crippen LogP contribution in [-0.4, -0.2) is 33.8 Å². The summed E-state index contributed by atoms with van der Waals surface area (Å²) in [4.78, 5) is 9.57. The first-order chi connectivity index (χ1) is 16.2. The average Bonchev–Trinajstić information content (AvgIpc) is 2.95. The highest BCUT2D eigenvalue weighted by molar-refractivity contribution is 5.44. The van der Waals surface area contributed by atoms with E-state index in [2.05, 4.69) is 4.98 Å². The maximum absolute atomic E-state index is 13.2. The minimum Gasteiger partial charge on any atom is -0.486 e. The van der Waals surface area contributed by atoms with Gasteiger partial charge in [-0.3, -0.25) is 0 Å². The smallest absolute Gasteiger partial charge is 0.417 e. The van der Waals surface area contributed by atoms with Crippen molar-refractivity contribution in [3.05, 3.63) is 47.7 Å². The zero-order valence-electron chi connectivity index (χ0n) is 19.4. The first kappa shape index (κ1) is 25.4. The summed E-state index contributed by atoms with van der Waals surface area (Å²) in [6, 6.07) is 5.16. The number of hydrogen-bond donors (Lipinski definition) is 0. The minimum absolute atomic E-state index is 0.0207. The predicted molar refractivity (Wildman–Crippen MR) is 114 cm³/mol. The van der Waals surface area contributed by atoms with E-state index in [1.807, 2.05) is 0 Å². The topological polar surface area (TPSA) is 43.8 Å². The fraction of sp³-hybridized carbons (Fsp3) is 0.542. The molecule has 0 spiro atoms. The molecule has 0 unspecified atom stereocenters. The second kappa shape index (κ2) is 9.07. The van der Waals surface area contributed by atoms with Gasteiger partial charge in [0.15, 0.2) is 11.5 Å². The lowest BCUT2D eigenvalue weighted by molar-refractivity contribution is -0.143. The number of hydrogen-bond acceptors (Lipinski definition) is 5. The van der Waals surface area contributed by atoms with E-state index in [-0.39, 0.29) is 35.6 Å². The van der Waals surface area contributed by atoms with Crippen LogP contribution in [0, 0.1) is 0 Å². The van der Waals surface area contributed by atoms with Crippen molar-refractivity contribution in [2.75, 3.05) is 0 Å². The fourth-order valence-electron chi connectivity index (χ4n) is 4.41. The molecule has 2 atom stereocenters. The number of nitrogens with zero attached hydrogens (tertiary/aromatic N) is 2. The van der Waals surface area contributed by atoms with Crippen molar-refractivity contribution in [3.8, 4) is 17.4 Å². The van der Waals surface area contributed by atoms with E-state index in [4.69, 9.17) is 14.3 Å². The molecule has 5 nitrogen and oxygen atoms in total. The van der Waals surface area contributed by atoms with E-state index in [9.17, 15) is 26.3 Å². The molecule has 2 fully saturated rings. The molecule has 35 heavy (non-hydrogen) atoms. The molecule has 11 heteroatoms. The molecule has 0 N–H and O–H groups in total. The molecule has 0 radical (unpaired) electrons. The highest BCUT2D eigenvalue weighted by Crippen LogP contribution is 2.42. The van der Waals surface area contributed by atoms with Gasteiger partial charge in [0.05, 0.1) is 11.1 Å². The van der Waals surface area contributed by atoms with Gasteiger partial charge in [-0.1, -0.05) is 0 Å². The zero-order chi connectivity index (χ0) is 25.6. The highest BCUT2D eigenvalue weighted by atomic mass is 19.4. The molecular formula is C24H26F6N2O3. The van der Waals surface area contributed by atoms with Crippen molar-refractivity contribution < 1.29 is 40.7 Å². The fourth-order valence-corrected chi connectivity index (χ4v) is 4.41. The molecule has 2 bridgehead atoms. The molecule has 0 aliphatic carbocycles. The Bertz CT molecular complexity index is 1020. The summed E-state index contributed by atoms with van der Waals surface area (Å²) in [7, 11) is 0. The van der Waals surface area contributed by atoms with Crippen molar-refractivity contribution >= 4 is 0 Å². The van der Waals surface area contributed by atoms with Gasteiger partial charge in [0, 0.05) is 37.2 Å². The van der Waals surface area contributed by atoms with Gasteiger partial charge in [0.1, 0.15) is 11.7 Å². The monoisotopic (exact) mass is 504 g/mol. The molecule has 0 amide bonds. The number of aromatic nitrogens is 1. The molecule has 2 saturated heterocycles. The third kappa shape index (κ3) is 6.12. The van der Waals surface area contributed by atoms with E-state index in [0.29, 0.717) is 12.8 Å². The lowest BCUT2D eigenvalue weighted by Gasteiger charge is -2.37. The SMILES string of the molecule is CC(C)(C)Oc1cc(C(F)(F)F)ccc1OC1C[C@H]2CC[C@H](C1)N2Oc1ccc(C(F)(F)F)cn1. The molecule has 2 aromatic rings. The van der Waals surface area contributed by atoms with Crippen molar-refractivity contribution in [2.45, 2.75) is 82.6 Å². The summed E-state index contributed by atoms with van der Waals surface area (Å²) in [6.07, 6.45) is -5.88. The number of halogens is 6.